The molecule has 0 aliphatic rings. The van der Waals surface area contributed by atoms with Gasteiger partial charge in [-0.3, -0.25) is 4.79 Å². The lowest BCUT2D eigenvalue weighted by Crippen LogP contribution is -2.04. The quantitative estimate of drug-likeness (QED) is 0.626. The number of carboxylic acid groups (broad SMARTS) is 1. The van der Waals surface area contributed by atoms with Crippen LogP contribution in [-0.2, 0) is 11.3 Å². The molecule has 0 radical (unpaired) electrons. The summed E-state index contributed by atoms with van der Waals surface area (Å²) in [4.78, 5) is 19.5. The fourth-order valence-electron chi connectivity index (χ4n) is 1.92. The molecule has 108 valence electrons. The fourth-order valence-corrected chi connectivity index (χ4v) is 2.82. The molecule has 0 amide bonds. The predicted molar refractivity (Wildman–Crippen MR) is 80.4 cm³/mol. The van der Waals surface area contributed by atoms with E-state index in [1.54, 1.807) is 12.3 Å². The number of fused-ring (bicyclic) bond motifs is 1. The van der Waals surface area contributed by atoms with Crippen LogP contribution in [0, 0.1) is 0 Å². The van der Waals surface area contributed by atoms with E-state index in [0.717, 1.165) is 31.5 Å². The largest absolute Gasteiger partial charge is 0.481 e. The van der Waals surface area contributed by atoms with Gasteiger partial charge in [0.2, 0.25) is 0 Å². The summed E-state index contributed by atoms with van der Waals surface area (Å²) in [6.45, 7) is 2.94. The third kappa shape index (κ3) is 3.64. The Morgan fingerprint density at radius 3 is 3.00 bits per heavy atom. The molecule has 0 spiro atoms. The molecule has 0 saturated carbocycles. The van der Waals surface area contributed by atoms with Crippen LogP contribution in [0.1, 0.15) is 26.2 Å². The molecule has 0 fully saturated rings. The van der Waals surface area contributed by atoms with Crippen LogP contribution in [-0.4, -0.2) is 31.4 Å². The summed E-state index contributed by atoms with van der Waals surface area (Å²) >= 11 is 7.14. The van der Waals surface area contributed by atoms with Gasteiger partial charge in [0.15, 0.2) is 10.8 Å². The van der Waals surface area contributed by atoms with Gasteiger partial charge in [0, 0.05) is 12.7 Å². The first kappa shape index (κ1) is 15.1. The fraction of sp³-hybridized carbons (Fsp3) is 0.462. The first-order valence-corrected chi connectivity index (χ1v) is 7.84. The zero-order valence-corrected chi connectivity index (χ0v) is 12.7. The standard InChI is InChI=1S/C13H16ClN3O2S/c1-2-3-4-5-17-12-10(6-9(14)7-15-12)16-13(17)20-8-11(18)19/h6-7H,2-5,8H2,1H3,(H,18,19). The highest BCUT2D eigenvalue weighted by atomic mass is 35.5. The zero-order valence-electron chi connectivity index (χ0n) is 11.2. The van der Waals surface area contributed by atoms with E-state index >= 15 is 0 Å². The number of unbranched alkanes of at least 4 members (excludes halogenated alkanes) is 2. The summed E-state index contributed by atoms with van der Waals surface area (Å²) in [6.07, 6.45) is 4.86. The Balaban J connectivity index is 2.31. The lowest BCUT2D eigenvalue weighted by Gasteiger charge is -2.06. The Bertz CT molecular complexity index is 615. The Morgan fingerprint density at radius 2 is 2.30 bits per heavy atom. The number of hydrogen-bond acceptors (Lipinski definition) is 4. The normalized spacial score (nSPS) is 11.1. The molecule has 2 heterocycles. The van der Waals surface area contributed by atoms with Gasteiger partial charge in [-0.1, -0.05) is 43.1 Å². The molecule has 7 heteroatoms. The van der Waals surface area contributed by atoms with Crippen molar-refractivity contribution >= 4 is 40.5 Å². The van der Waals surface area contributed by atoms with Gasteiger partial charge in [0.25, 0.3) is 0 Å². The average Bonchev–Trinajstić information content (AvgIpc) is 2.74. The number of carbonyl (C=O) groups is 1. The highest BCUT2D eigenvalue weighted by Gasteiger charge is 2.13. The maximum absolute atomic E-state index is 10.7. The van der Waals surface area contributed by atoms with Gasteiger partial charge in [0.05, 0.1) is 10.8 Å². The molecule has 0 atom stereocenters. The van der Waals surface area contributed by atoms with Crippen LogP contribution in [0.2, 0.25) is 5.02 Å². The lowest BCUT2D eigenvalue weighted by molar-refractivity contribution is -0.133. The monoisotopic (exact) mass is 313 g/mol. The number of aromatic nitrogens is 3. The number of pyridine rings is 1. The van der Waals surface area contributed by atoms with Gasteiger partial charge in [-0.2, -0.15) is 0 Å². The van der Waals surface area contributed by atoms with Crippen molar-refractivity contribution in [1.29, 1.82) is 0 Å². The van der Waals surface area contributed by atoms with E-state index in [0.29, 0.717) is 15.7 Å². The SMILES string of the molecule is CCCCCn1c(SCC(=O)O)nc2cc(Cl)cnc21. The minimum Gasteiger partial charge on any atom is -0.481 e. The third-order valence-corrected chi connectivity index (χ3v) is 3.99. The van der Waals surface area contributed by atoms with Gasteiger partial charge in [-0.05, 0) is 12.5 Å². The van der Waals surface area contributed by atoms with Crippen LogP contribution in [0.15, 0.2) is 17.4 Å². The van der Waals surface area contributed by atoms with Gasteiger partial charge in [-0.25, -0.2) is 9.97 Å². The van der Waals surface area contributed by atoms with Gasteiger partial charge in [0.1, 0.15) is 5.52 Å². The molecule has 0 saturated heterocycles. The summed E-state index contributed by atoms with van der Waals surface area (Å²) in [7, 11) is 0. The number of aliphatic carboxylic acids is 1. The first-order valence-electron chi connectivity index (χ1n) is 6.48. The van der Waals surface area contributed by atoms with Crippen molar-refractivity contribution in [2.24, 2.45) is 0 Å². The number of rotatable bonds is 7. The van der Waals surface area contributed by atoms with Crippen molar-refractivity contribution in [2.75, 3.05) is 5.75 Å². The minimum absolute atomic E-state index is 0.00910. The topological polar surface area (TPSA) is 68.0 Å². The zero-order chi connectivity index (χ0) is 14.5. The van der Waals surface area contributed by atoms with Crippen LogP contribution >= 0.6 is 23.4 Å². The van der Waals surface area contributed by atoms with Crippen molar-refractivity contribution < 1.29 is 9.90 Å². The average molecular weight is 314 g/mol. The van der Waals surface area contributed by atoms with Crippen LogP contribution in [0.4, 0.5) is 0 Å². The van der Waals surface area contributed by atoms with E-state index in [2.05, 4.69) is 16.9 Å². The van der Waals surface area contributed by atoms with Crippen LogP contribution in [0.25, 0.3) is 11.2 Å². The predicted octanol–water partition coefficient (Wildman–Crippen LogP) is 3.45. The van der Waals surface area contributed by atoms with Crippen molar-refractivity contribution in [1.82, 2.24) is 14.5 Å². The number of thioether (sulfide) groups is 1. The van der Waals surface area contributed by atoms with E-state index in [1.807, 2.05) is 4.57 Å². The molecule has 20 heavy (non-hydrogen) atoms. The Hall–Kier alpha value is -1.27. The maximum Gasteiger partial charge on any atom is 0.313 e. The molecule has 1 N–H and O–H groups in total. The van der Waals surface area contributed by atoms with E-state index in [-0.39, 0.29) is 5.75 Å². The highest BCUT2D eigenvalue weighted by molar-refractivity contribution is 7.99. The molecule has 0 aliphatic carbocycles. The molecule has 0 aromatic carbocycles. The Labute approximate surface area is 126 Å². The molecular formula is C13H16ClN3O2S. The number of carboxylic acids is 1. The van der Waals surface area contributed by atoms with Crippen molar-refractivity contribution in [3.05, 3.63) is 17.3 Å². The van der Waals surface area contributed by atoms with Crippen LogP contribution < -0.4 is 0 Å². The van der Waals surface area contributed by atoms with Crippen molar-refractivity contribution in [2.45, 2.75) is 37.9 Å². The van der Waals surface area contributed by atoms with Crippen LogP contribution in [0.5, 0.6) is 0 Å². The highest BCUT2D eigenvalue weighted by Crippen LogP contribution is 2.25. The molecule has 5 nitrogen and oxygen atoms in total. The second-order valence-electron chi connectivity index (χ2n) is 4.43. The first-order chi connectivity index (χ1) is 9.61. The molecular weight excluding hydrogens is 298 g/mol. The van der Waals surface area contributed by atoms with Gasteiger partial charge in [-0.15, -0.1) is 0 Å². The summed E-state index contributed by atoms with van der Waals surface area (Å²) < 4.78 is 1.98. The molecule has 0 unspecified atom stereocenters. The second kappa shape index (κ2) is 6.95. The van der Waals surface area contributed by atoms with Crippen LogP contribution in [0.3, 0.4) is 0 Å². The Morgan fingerprint density at radius 1 is 1.50 bits per heavy atom. The Kier molecular flexibility index (Phi) is 5.25. The molecule has 2 aromatic heterocycles. The van der Waals surface area contributed by atoms with Gasteiger partial charge < -0.3 is 9.67 Å². The number of hydrogen-bond donors (Lipinski definition) is 1. The van der Waals surface area contributed by atoms with E-state index in [4.69, 9.17) is 16.7 Å². The number of halogens is 1. The van der Waals surface area contributed by atoms with Crippen molar-refractivity contribution in [3.8, 4) is 0 Å². The summed E-state index contributed by atoms with van der Waals surface area (Å²) in [5, 5.41) is 10.0. The van der Waals surface area contributed by atoms with E-state index in [1.165, 1.54) is 11.8 Å². The summed E-state index contributed by atoms with van der Waals surface area (Å²) in [5.74, 6) is -0.863. The van der Waals surface area contributed by atoms with E-state index < -0.39 is 5.97 Å². The minimum atomic E-state index is -0.854. The van der Waals surface area contributed by atoms with Crippen molar-refractivity contribution in [3.63, 3.8) is 0 Å². The third-order valence-electron chi connectivity index (χ3n) is 2.83. The summed E-state index contributed by atoms with van der Waals surface area (Å²) in [5.41, 5.74) is 1.47. The second-order valence-corrected chi connectivity index (χ2v) is 5.81. The number of imidazole rings is 1. The number of aryl methyl sites for hydroxylation is 1. The lowest BCUT2D eigenvalue weighted by atomic mass is 10.2. The molecule has 2 rings (SSSR count). The summed E-state index contributed by atoms with van der Waals surface area (Å²) in [6, 6.07) is 1.75. The molecule has 2 aromatic rings. The molecule has 0 aliphatic heterocycles. The number of nitrogens with zero attached hydrogens (tertiary/aromatic N) is 3. The smallest absolute Gasteiger partial charge is 0.313 e. The van der Waals surface area contributed by atoms with Gasteiger partial charge >= 0.3 is 5.97 Å². The maximum atomic E-state index is 10.7. The van der Waals surface area contributed by atoms with E-state index in [9.17, 15) is 4.79 Å². The molecule has 0 bridgehead atoms.